The van der Waals surface area contributed by atoms with E-state index in [4.69, 9.17) is 10.2 Å². The molecule has 3 rings (SSSR count). The summed E-state index contributed by atoms with van der Waals surface area (Å²) in [4.78, 5) is 4.16. The highest BCUT2D eigenvalue weighted by molar-refractivity contribution is 5.85. The second-order valence-electron chi connectivity index (χ2n) is 4.18. The summed E-state index contributed by atoms with van der Waals surface area (Å²) in [6.07, 6.45) is -0.0490. The number of para-hydroxylation sites is 1. The molecule has 0 spiro atoms. The Morgan fingerprint density at radius 3 is 2.42 bits per heavy atom. The average molecular weight is 260 g/mol. The molecule has 0 aliphatic heterocycles. The van der Waals surface area contributed by atoms with Gasteiger partial charge in [-0.2, -0.15) is 0 Å². The van der Waals surface area contributed by atoms with Crippen molar-refractivity contribution in [1.29, 1.82) is 0 Å². The molecule has 0 saturated heterocycles. The van der Waals surface area contributed by atoms with Crippen LogP contribution in [0.4, 0.5) is 14.5 Å². The van der Waals surface area contributed by atoms with Crippen LogP contribution in [0.25, 0.3) is 11.1 Å². The van der Waals surface area contributed by atoms with Gasteiger partial charge in [0.2, 0.25) is 0 Å². The highest BCUT2D eigenvalue weighted by Gasteiger charge is 2.14. The van der Waals surface area contributed by atoms with Crippen molar-refractivity contribution in [2.24, 2.45) is 0 Å². The summed E-state index contributed by atoms with van der Waals surface area (Å²) in [6.45, 7) is 0. The van der Waals surface area contributed by atoms with Crippen LogP contribution >= 0.6 is 0 Å². The maximum atomic E-state index is 13.5. The van der Waals surface area contributed by atoms with E-state index in [1.54, 1.807) is 18.2 Å². The molecule has 3 nitrogen and oxygen atoms in total. The van der Waals surface area contributed by atoms with Crippen LogP contribution in [0.1, 0.15) is 11.5 Å². The quantitative estimate of drug-likeness (QED) is 0.719. The van der Waals surface area contributed by atoms with Gasteiger partial charge in [0.25, 0.3) is 0 Å². The van der Waals surface area contributed by atoms with Gasteiger partial charge in [0.15, 0.2) is 11.5 Å². The van der Waals surface area contributed by atoms with Gasteiger partial charge in [-0.05, 0) is 24.3 Å². The van der Waals surface area contributed by atoms with Gasteiger partial charge in [-0.25, -0.2) is 13.8 Å². The molecule has 0 bridgehead atoms. The molecule has 0 atom stereocenters. The molecule has 96 valence electrons. The number of hydrogen-bond acceptors (Lipinski definition) is 3. The van der Waals surface area contributed by atoms with E-state index in [1.165, 1.54) is 18.2 Å². The Morgan fingerprint density at radius 1 is 1.05 bits per heavy atom. The first-order chi connectivity index (χ1) is 9.15. The third-order valence-corrected chi connectivity index (χ3v) is 2.88. The van der Waals surface area contributed by atoms with Crippen LogP contribution < -0.4 is 5.73 Å². The Bertz CT molecular complexity index is 732. The Hall–Kier alpha value is -2.43. The normalized spacial score (nSPS) is 11.1. The summed E-state index contributed by atoms with van der Waals surface area (Å²) in [5.74, 6) is -0.998. The predicted molar refractivity (Wildman–Crippen MR) is 67.6 cm³/mol. The number of benzene rings is 2. The summed E-state index contributed by atoms with van der Waals surface area (Å²) in [6, 6.07) is 8.86. The number of aromatic nitrogens is 1. The van der Waals surface area contributed by atoms with Gasteiger partial charge in [0, 0.05) is 5.56 Å². The van der Waals surface area contributed by atoms with Crippen molar-refractivity contribution in [2.75, 3.05) is 5.73 Å². The fraction of sp³-hybridized carbons (Fsp3) is 0.0714. The van der Waals surface area contributed by atoms with E-state index in [2.05, 4.69) is 4.98 Å². The van der Waals surface area contributed by atoms with Crippen molar-refractivity contribution < 1.29 is 13.2 Å². The van der Waals surface area contributed by atoms with E-state index in [-0.39, 0.29) is 17.9 Å². The number of oxazole rings is 1. The van der Waals surface area contributed by atoms with Crippen molar-refractivity contribution in [1.82, 2.24) is 4.98 Å². The monoisotopic (exact) mass is 260 g/mol. The average Bonchev–Trinajstić information content (AvgIpc) is 2.78. The number of hydrogen-bond donors (Lipinski definition) is 1. The van der Waals surface area contributed by atoms with Crippen molar-refractivity contribution in [2.45, 2.75) is 6.42 Å². The summed E-state index contributed by atoms with van der Waals surface area (Å²) >= 11 is 0. The molecule has 0 radical (unpaired) electrons. The molecule has 0 unspecified atom stereocenters. The van der Waals surface area contributed by atoms with E-state index >= 15 is 0 Å². The predicted octanol–water partition coefficient (Wildman–Crippen LogP) is 3.28. The van der Waals surface area contributed by atoms with Crippen molar-refractivity contribution >= 4 is 16.8 Å². The molecule has 0 aliphatic carbocycles. The number of nitrogen functional groups attached to an aromatic ring is 1. The highest BCUT2D eigenvalue weighted by Crippen LogP contribution is 2.23. The van der Waals surface area contributed by atoms with E-state index in [9.17, 15) is 8.78 Å². The lowest BCUT2D eigenvalue weighted by Crippen LogP contribution is -1.97. The van der Waals surface area contributed by atoms with Gasteiger partial charge >= 0.3 is 0 Å². The van der Waals surface area contributed by atoms with Crippen molar-refractivity contribution in [3.8, 4) is 0 Å². The lowest BCUT2D eigenvalue weighted by molar-refractivity contribution is 0.515. The Labute approximate surface area is 107 Å². The van der Waals surface area contributed by atoms with Crippen molar-refractivity contribution in [3.63, 3.8) is 0 Å². The van der Waals surface area contributed by atoms with Crippen molar-refractivity contribution in [3.05, 3.63) is 59.5 Å². The number of rotatable bonds is 2. The minimum atomic E-state index is -0.616. The summed E-state index contributed by atoms with van der Waals surface area (Å²) in [5.41, 5.74) is 7.18. The zero-order valence-corrected chi connectivity index (χ0v) is 9.86. The van der Waals surface area contributed by atoms with Crippen LogP contribution in [0.5, 0.6) is 0 Å². The summed E-state index contributed by atoms with van der Waals surface area (Å²) in [7, 11) is 0. The molecule has 0 fully saturated rings. The van der Waals surface area contributed by atoms with Gasteiger partial charge in [-0.3, -0.25) is 0 Å². The molecule has 2 aromatic carbocycles. The highest BCUT2D eigenvalue weighted by atomic mass is 19.1. The first-order valence-corrected chi connectivity index (χ1v) is 5.72. The van der Waals surface area contributed by atoms with E-state index in [0.29, 0.717) is 16.8 Å². The maximum absolute atomic E-state index is 13.5. The molecule has 1 aromatic heterocycles. The number of halogens is 2. The van der Waals surface area contributed by atoms with Gasteiger partial charge in [-0.15, -0.1) is 0 Å². The Kier molecular flexibility index (Phi) is 2.67. The number of anilines is 1. The molecular weight excluding hydrogens is 250 g/mol. The smallest absolute Gasteiger partial charge is 0.200 e. The summed E-state index contributed by atoms with van der Waals surface area (Å²) in [5, 5.41) is 0. The van der Waals surface area contributed by atoms with Gasteiger partial charge in [-0.1, -0.05) is 12.1 Å². The van der Waals surface area contributed by atoms with Crippen LogP contribution in [0, 0.1) is 11.6 Å². The van der Waals surface area contributed by atoms with Crippen LogP contribution in [-0.2, 0) is 6.42 Å². The molecule has 0 amide bonds. The van der Waals surface area contributed by atoms with Crippen LogP contribution in [0.15, 0.2) is 40.8 Å². The largest absolute Gasteiger partial charge is 0.440 e. The third-order valence-electron chi connectivity index (χ3n) is 2.88. The molecule has 0 saturated carbocycles. The third kappa shape index (κ3) is 2.03. The number of fused-ring (bicyclic) bond motifs is 1. The van der Waals surface area contributed by atoms with E-state index in [1.807, 2.05) is 0 Å². The number of nitrogens with zero attached hydrogens (tertiary/aromatic N) is 1. The minimum absolute atomic E-state index is 0.0490. The molecular formula is C14H10F2N2O. The molecule has 5 heteroatoms. The first kappa shape index (κ1) is 11.6. The summed E-state index contributed by atoms with van der Waals surface area (Å²) < 4.78 is 32.5. The Balaban J connectivity index is 2.04. The standard InChI is InChI=1S/C14H10F2N2O/c15-9-3-1-4-10(16)8(9)7-13-18-14-11(17)5-2-6-12(14)19-13/h1-6H,7,17H2. The van der Waals surface area contributed by atoms with Gasteiger partial charge < -0.3 is 10.2 Å². The SMILES string of the molecule is Nc1cccc2oc(Cc3c(F)cccc3F)nc12. The molecule has 1 heterocycles. The maximum Gasteiger partial charge on any atom is 0.200 e. The first-order valence-electron chi connectivity index (χ1n) is 5.72. The molecule has 0 aliphatic rings. The van der Waals surface area contributed by atoms with Gasteiger partial charge in [0.1, 0.15) is 17.2 Å². The second-order valence-corrected chi connectivity index (χ2v) is 4.18. The van der Waals surface area contributed by atoms with Crippen LogP contribution in [0.3, 0.4) is 0 Å². The Morgan fingerprint density at radius 2 is 1.74 bits per heavy atom. The second kappa shape index (κ2) is 4.35. The lowest BCUT2D eigenvalue weighted by Gasteiger charge is -2.01. The zero-order chi connectivity index (χ0) is 13.4. The fourth-order valence-electron chi connectivity index (χ4n) is 1.94. The van der Waals surface area contributed by atoms with Gasteiger partial charge in [0.05, 0.1) is 12.1 Å². The number of nitrogens with two attached hydrogens (primary N) is 1. The minimum Gasteiger partial charge on any atom is -0.440 e. The fourth-order valence-corrected chi connectivity index (χ4v) is 1.94. The molecule has 2 N–H and O–H groups in total. The van der Waals surface area contributed by atoms with E-state index in [0.717, 1.165) is 0 Å². The zero-order valence-electron chi connectivity index (χ0n) is 9.86. The van der Waals surface area contributed by atoms with Crippen LogP contribution in [0.2, 0.25) is 0 Å². The van der Waals surface area contributed by atoms with E-state index < -0.39 is 11.6 Å². The molecule has 19 heavy (non-hydrogen) atoms. The molecule has 3 aromatic rings. The lowest BCUT2D eigenvalue weighted by atomic mass is 10.1. The van der Waals surface area contributed by atoms with Crippen LogP contribution in [-0.4, -0.2) is 4.98 Å². The topological polar surface area (TPSA) is 52.0 Å².